The highest BCUT2D eigenvalue weighted by molar-refractivity contribution is 6.31. The Hall–Kier alpha value is -4.89. The molecule has 0 saturated carbocycles. The van der Waals surface area contributed by atoms with Crippen LogP contribution < -0.4 is 5.73 Å². The smallest absolute Gasteiger partial charge is 0.396 e. The van der Waals surface area contributed by atoms with E-state index in [9.17, 15) is 26.3 Å². The molecule has 0 aliphatic heterocycles. The number of rotatable bonds is 2. The predicted molar refractivity (Wildman–Crippen MR) is 122 cm³/mol. The van der Waals surface area contributed by atoms with E-state index in [0.29, 0.717) is 0 Å². The summed E-state index contributed by atoms with van der Waals surface area (Å²) in [6.07, 6.45) is -2.44. The minimum atomic E-state index is -4.67. The standard InChI is InChI=1S/C11H4ClF3N4.C11H6F3N5/c1-16-7-2-6(3-17-4-7)10-18-5-8(12)9(19-10)11(13,14)15;1-16-7-2-6(3-17-4-7)10-18-5-8(15)9(19-10)11(12,13)14/h2-5H;2-5H,15H2. The highest BCUT2D eigenvalue weighted by Gasteiger charge is 2.36. The van der Waals surface area contributed by atoms with Crippen LogP contribution in [0.4, 0.5) is 43.4 Å². The zero-order valence-electron chi connectivity index (χ0n) is 18.4. The molecule has 4 aromatic heterocycles. The Morgan fingerprint density at radius 1 is 0.684 bits per heavy atom. The highest BCUT2D eigenvalue weighted by atomic mass is 35.5. The van der Waals surface area contributed by atoms with E-state index in [2.05, 4.69) is 39.6 Å². The molecule has 4 aromatic rings. The van der Waals surface area contributed by atoms with Crippen LogP contribution >= 0.6 is 11.6 Å². The summed E-state index contributed by atoms with van der Waals surface area (Å²) in [7, 11) is 0. The molecule has 4 rings (SSSR count). The number of halogens is 7. The van der Waals surface area contributed by atoms with Gasteiger partial charge in [0, 0.05) is 35.9 Å². The number of nitrogen functional groups attached to an aromatic ring is 1. The normalized spacial score (nSPS) is 11.1. The average Bonchev–Trinajstić information content (AvgIpc) is 2.88. The average molecular weight is 550 g/mol. The molecule has 16 heteroatoms. The quantitative estimate of drug-likeness (QED) is 0.226. The lowest BCUT2D eigenvalue weighted by Gasteiger charge is -2.09. The van der Waals surface area contributed by atoms with Crippen molar-refractivity contribution < 1.29 is 26.3 Å². The molecule has 0 aromatic carbocycles. The van der Waals surface area contributed by atoms with Gasteiger partial charge in [-0.05, 0) is 12.1 Å². The van der Waals surface area contributed by atoms with Crippen LogP contribution in [-0.2, 0) is 12.4 Å². The molecule has 9 nitrogen and oxygen atoms in total. The number of hydrogen-bond acceptors (Lipinski definition) is 7. The van der Waals surface area contributed by atoms with Crippen LogP contribution in [0.3, 0.4) is 0 Å². The largest absolute Gasteiger partial charge is 0.435 e. The van der Waals surface area contributed by atoms with E-state index in [4.69, 9.17) is 30.5 Å². The maximum atomic E-state index is 12.7. The molecular formula is C22H10ClF6N9. The van der Waals surface area contributed by atoms with Gasteiger partial charge in [0.05, 0.1) is 36.2 Å². The molecule has 0 unspecified atom stereocenters. The van der Waals surface area contributed by atoms with Gasteiger partial charge >= 0.3 is 12.4 Å². The molecule has 4 heterocycles. The number of nitrogens with zero attached hydrogens (tertiary/aromatic N) is 8. The van der Waals surface area contributed by atoms with Crippen molar-refractivity contribution >= 4 is 28.7 Å². The van der Waals surface area contributed by atoms with Crippen LogP contribution in [0.15, 0.2) is 49.3 Å². The van der Waals surface area contributed by atoms with Crippen molar-refractivity contribution in [3.63, 3.8) is 0 Å². The molecule has 192 valence electrons. The highest BCUT2D eigenvalue weighted by Crippen LogP contribution is 2.34. The number of nitrogens with two attached hydrogens (primary N) is 1. The maximum absolute atomic E-state index is 12.7. The summed E-state index contributed by atoms with van der Waals surface area (Å²) in [6, 6.07) is 2.70. The Labute approximate surface area is 214 Å². The van der Waals surface area contributed by atoms with Gasteiger partial charge in [-0.25, -0.2) is 29.6 Å². The number of hydrogen-bond donors (Lipinski definition) is 1. The van der Waals surface area contributed by atoms with E-state index in [0.717, 1.165) is 12.4 Å². The fourth-order valence-electron chi connectivity index (χ4n) is 2.68. The summed E-state index contributed by atoms with van der Waals surface area (Å²) in [5.74, 6) is -0.366. The molecular weight excluding hydrogens is 540 g/mol. The first-order valence-electron chi connectivity index (χ1n) is 9.78. The van der Waals surface area contributed by atoms with Gasteiger partial charge in [0.15, 0.2) is 23.0 Å². The Morgan fingerprint density at radius 2 is 1.13 bits per heavy atom. The van der Waals surface area contributed by atoms with Crippen LogP contribution in [-0.4, -0.2) is 29.9 Å². The van der Waals surface area contributed by atoms with Gasteiger partial charge in [-0.3, -0.25) is 9.97 Å². The van der Waals surface area contributed by atoms with E-state index in [-0.39, 0.29) is 34.2 Å². The maximum Gasteiger partial charge on any atom is 0.435 e. The summed E-state index contributed by atoms with van der Waals surface area (Å²) < 4.78 is 75.9. The Morgan fingerprint density at radius 3 is 1.58 bits per heavy atom. The first-order chi connectivity index (χ1) is 17.8. The molecule has 0 fully saturated rings. The number of aromatic nitrogens is 6. The monoisotopic (exact) mass is 549 g/mol. The second-order valence-corrected chi connectivity index (χ2v) is 7.38. The summed E-state index contributed by atoms with van der Waals surface area (Å²) in [4.78, 5) is 27.9. The summed E-state index contributed by atoms with van der Waals surface area (Å²) >= 11 is 5.42. The van der Waals surface area contributed by atoms with Gasteiger partial charge in [-0.2, -0.15) is 26.3 Å². The SMILES string of the molecule is [C-]#[N+]c1cncc(-c2ncc(Cl)c(C(F)(F)F)n2)c1.[C-]#[N+]c1cncc(-c2ncc(N)c(C(F)(F)F)n2)c1. The van der Waals surface area contributed by atoms with Crippen molar-refractivity contribution in [2.45, 2.75) is 12.4 Å². The minimum Gasteiger partial charge on any atom is -0.396 e. The van der Waals surface area contributed by atoms with Crippen molar-refractivity contribution in [1.82, 2.24) is 29.9 Å². The molecule has 0 bridgehead atoms. The predicted octanol–water partition coefficient (Wildman–Crippen LogP) is 6.45. The number of anilines is 1. The van der Waals surface area contributed by atoms with E-state index >= 15 is 0 Å². The summed E-state index contributed by atoms with van der Waals surface area (Å²) in [5, 5.41) is -0.578. The van der Waals surface area contributed by atoms with E-state index in [1.54, 1.807) is 0 Å². The van der Waals surface area contributed by atoms with Crippen LogP contribution in [0.1, 0.15) is 11.4 Å². The van der Waals surface area contributed by atoms with Crippen LogP contribution in [0.25, 0.3) is 32.5 Å². The molecule has 0 atom stereocenters. The first-order valence-corrected chi connectivity index (χ1v) is 10.2. The third-order valence-corrected chi connectivity index (χ3v) is 4.60. The van der Waals surface area contributed by atoms with Crippen LogP contribution in [0.5, 0.6) is 0 Å². The molecule has 38 heavy (non-hydrogen) atoms. The number of pyridine rings is 2. The zero-order chi connectivity index (χ0) is 28.1. The van der Waals surface area contributed by atoms with E-state index in [1.165, 1.54) is 36.9 Å². The van der Waals surface area contributed by atoms with Crippen molar-refractivity contribution in [1.29, 1.82) is 0 Å². The van der Waals surface area contributed by atoms with Gasteiger partial charge < -0.3 is 5.73 Å². The molecule has 0 spiro atoms. The van der Waals surface area contributed by atoms with Gasteiger partial charge in [-0.15, -0.1) is 0 Å². The van der Waals surface area contributed by atoms with Crippen molar-refractivity contribution in [2.75, 3.05) is 5.73 Å². The van der Waals surface area contributed by atoms with Gasteiger partial charge in [-0.1, -0.05) is 11.6 Å². The molecule has 0 saturated heterocycles. The molecule has 0 amide bonds. The lowest BCUT2D eigenvalue weighted by molar-refractivity contribution is -0.141. The third kappa shape index (κ3) is 6.65. The molecule has 2 N–H and O–H groups in total. The Balaban J connectivity index is 0.000000211. The second kappa shape index (κ2) is 11.0. The van der Waals surface area contributed by atoms with Gasteiger partial charge in [0.1, 0.15) is 0 Å². The molecule has 0 aliphatic carbocycles. The Kier molecular flexibility index (Phi) is 8.03. The third-order valence-electron chi connectivity index (χ3n) is 4.32. The molecule has 0 aliphatic rings. The van der Waals surface area contributed by atoms with Crippen molar-refractivity contribution in [3.05, 3.63) is 88.6 Å². The second-order valence-electron chi connectivity index (χ2n) is 6.97. The minimum absolute atomic E-state index is 0.181. The molecule has 0 radical (unpaired) electrons. The topological polar surface area (TPSA) is 112 Å². The van der Waals surface area contributed by atoms with Crippen molar-refractivity contribution in [3.8, 4) is 22.8 Å². The first kappa shape index (κ1) is 27.7. The van der Waals surface area contributed by atoms with E-state index < -0.39 is 34.5 Å². The number of alkyl halides is 6. The van der Waals surface area contributed by atoms with Crippen LogP contribution in [0.2, 0.25) is 5.02 Å². The summed E-state index contributed by atoms with van der Waals surface area (Å²) in [5.41, 5.74) is 3.04. The zero-order valence-corrected chi connectivity index (χ0v) is 19.2. The fraction of sp³-hybridized carbons (Fsp3) is 0.0909. The fourth-order valence-corrected chi connectivity index (χ4v) is 2.88. The van der Waals surface area contributed by atoms with Crippen LogP contribution in [0, 0.1) is 13.1 Å². The Bertz CT molecular complexity index is 1440. The lowest BCUT2D eigenvalue weighted by atomic mass is 10.2. The van der Waals surface area contributed by atoms with E-state index in [1.807, 2.05) is 0 Å². The van der Waals surface area contributed by atoms with Gasteiger partial charge in [0.2, 0.25) is 11.4 Å². The lowest BCUT2D eigenvalue weighted by Crippen LogP contribution is -2.13. The van der Waals surface area contributed by atoms with Gasteiger partial charge in [0.25, 0.3) is 0 Å². The summed E-state index contributed by atoms with van der Waals surface area (Å²) in [6.45, 7) is 13.6. The van der Waals surface area contributed by atoms with Crippen molar-refractivity contribution in [2.24, 2.45) is 0 Å².